The van der Waals surface area contributed by atoms with E-state index in [1.807, 2.05) is 0 Å². The highest BCUT2D eigenvalue weighted by Gasteiger charge is 2.41. The summed E-state index contributed by atoms with van der Waals surface area (Å²) in [7, 11) is 0. The highest BCUT2D eigenvalue weighted by Crippen LogP contribution is 2.32. The molecule has 0 spiro atoms. The van der Waals surface area contributed by atoms with Crippen molar-refractivity contribution in [3.8, 4) is 0 Å². The minimum atomic E-state index is -4.61. The normalized spacial score (nSPS) is 22.5. The van der Waals surface area contributed by atoms with Gasteiger partial charge in [0.1, 0.15) is 6.17 Å². The molecule has 0 aliphatic carbocycles. The van der Waals surface area contributed by atoms with E-state index in [1.54, 1.807) is 0 Å². The SMILES string of the molecule is O=C(c1nc(C(F)(F)F)n2c1CNCC2)N1CC[C@H](F)C1. The smallest absolute Gasteiger partial charge is 0.334 e. The van der Waals surface area contributed by atoms with E-state index < -0.39 is 24.1 Å². The maximum atomic E-state index is 13.2. The first kappa shape index (κ1) is 14.3. The number of nitrogens with zero attached hydrogens (tertiary/aromatic N) is 3. The molecule has 0 bridgehead atoms. The van der Waals surface area contributed by atoms with E-state index in [9.17, 15) is 22.4 Å². The number of carbonyl (C=O) groups is 1. The van der Waals surface area contributed by atoms with Gasteiger partial charge in [-0.15, -0.1) is 0 Å². The quantitative estimate of drug-likeness (QED) is 0.793. The molecule has 1 fully saturated rings. The molecule has 0 radical (unpaired) electrons. The van der Waals surface area contributed by atoms with Gasteiger partial charge in [0.25, 0.3) is 5.91 Å². The van der Waals surface area contributed by atoms with Crippen LogP contribution in [0.15, 0.2) is 0 Å². The number of halogens is 4. The van der Waals surface area contributed by atoms with Crippen LogP contribution >= 0.6 is 0 Å². The van der Waals surface area contributed by atoms with Gasteiger partial charge < -0.3 is 14.8 Å². The third-order valence-corrected chi connectivity index (χ3v) is 3.75. The average molecular weight is 306 g/mol. The molecule has 1 saturated heterocycles. The van der Waals surface area contributed by atoms with Crippen LogP contribution in [0.2, 0.25) is 0 Å². The van der Waals surface area contributed by atoms with Crippen molar-refractivity contribution in [2.75, 3.05) is 19.6 Å². The van der Waals surface area contributed by atoms with E-state index in [-0.39, 0.29) is 44.0 Å². The van der Waals surface area contributed by atoms with E-state index in [1.165, 1.54) is 4.90 Å². The predicted molar refractivity (Wildman–Crippen MR) is 64.4 cm³/mol. The zero-order valence-corrected chi connectivity index (χ0v) is 11.1. The highest BCUT2D eigenvalue weighted by molar-refractivity contribution is 5.94. The Kier molecular flexibility index (Phi) is 3.39. The predicted octanol–water partition coefficient (Wildman–Crippen LogP) is 1.19. The number of aromatic nitrogens is 2. The average Bonchev–Trinajstić information content (AvgIpc) is 3.01. The summed E-state index contributed by atoms with van der Waals surface area (Å²) < 4.78 is 53.2. The summed E-state index contributed by atoms with van der Waals surface area (Å²) in [5.74, 6) is -1.68. The molecule has 0 saturated carbocycles. The number of hydrogen-bond donors (Lipinski definition) is 1. The lowest BCUT2D eigenvalue weighted by Gasteiger charge is -2.20. The van der Waals surface area contributed by atoms with E-state index >= 15 is 0 Å². The van der Waals surface area contributed by atoms with Gasteiger partial charge in [-0.1, -0.05) is 0 Å². The van der Waals surface area contributed by atoms with Gasteiger partial charge in [-0.2, -0.15) is 13.2 Å². The van der Waals surface area contributed by atoms with Crippen LogP contribution in [0.25, 0.3) is 0 Å². The summed E-state index contributed by atoms with van der Waals surface area (Å²) in [6, 6.07) is 0. The largest absolute Gasteiger partial charge is 0.449 e. The number of imidazole rings is 1. The lowest BCUT2D eigenvalue weighted by Crippen LogP contribution is -2.33. The molecule has 1 aromatic heterocycles. The fraction of sp³-hybridized carbons (Fsp3) is 0.667. The molecular weight excluding hydrogens is 292 g/mol. The van der Waals surface area contributed by atoms with Gasteiger partial charge in [-0.05, 0) is 6.42 Å². The molecule has 3 heterocycles. The Bertz CT molecular complexity index is 568. The van der Waals surface area contributed by atoms with Gasteiger partial charge in [0.2, 0.25) is 5.82 Å². The second-order valence-corrected chi connectivity index (χ2v) is 5.19. The Morgan fingerprint density at radius 3 is 2.71 bits per heavy atom. The number of likely N-dealkylation sites (tertiary alicyclic amines) is 1. The molecule has 21 heavy (non-hydrogen) atoms. The number of nitrogens with one attached hydrogen (secondary N) is 1. The van der Waals surface area contributed by atoms with E-state index in [0.717, 1.165) is 4.57 Å². The van der Waals surface area contributed by atoms with E-state index in [4.69, 9.17) is 0 Å². The van der Waals surface area contributed by atoms with Crippen molar-refractivity contribution >= 4 is 5.91 Å². The number of alkyl halides is 4. The van der Waals surface area contributed by atoms with Crippen molar-refractivity contribution in [1.29, 1.82) is 0 Å². The van der Waals surface area contributed by atoms with Crippen LogP contribution in [0.5, 0.6) is 0 Å². The van der Waals surface area contributed by atoms with Crippen LogP contribution < -0.4 is 5.32 Å². The summed E-state index contributed by atoms with van der Waals surface area (Å²) in [5.41, 5.74) is 0.00417. The van der Waals surface area contributed by atoms with Gasteiger partial charge >= 0.3 is 6.18 Å². The lowest BCUT2D eigenvalue weighted by atomic mass is 10.2. The maximum absolute atomic E-state index is 13.2. The van der Waals surface area contributed by atoms with Crippen LogP contribution in [0, 0.1) is 0 Å². The van der Waals surface area contributed by atoms with E-state index in [0.29, 0.717) is 6.54 Å². The first-order valence-electron chi connectivity index (χ1n) is 6.68. The van der Waals surface area contributed by atoms with Gasteiger partial charge in [-0.25, -0.2) is 9.37 Å². The topological polar surface area (TPSA) is 50.2 Å². The monoisotopic (exact) mass is 306 g/mol. The molecule has 2 aliphatic heterocycles. The van der Waals surface area contributed by atoms with Crippen LogP contribution in [0.3, 0.4) is 0 Å². The molecule has 0 unspecified atom stereocenters. The molecule has 1 atom stereocenters. The van der Waals surface area contributed by atoms with Crippen molar-refractivity contribution in [2.24, 2.45) is 0 Å². The van der Waals surface area contributed by atoms with Crippen LogP contribution in [0.4, 0.5) is 17.6 Å². The standard InChI is InChI=1S/C12H14F4N4O/c13-7-1-3-19(6-7)10(21)9-8-5-17-2-4-20(8)11(18-9)12(14,15)16/h7,17H,1-6H2/t7-/m0/s1. The molecule has 0 aromatic carbocycles. The Balaban J connectivity index is 1.99. The van der Waals surface area contributed by atoms with Gasteiger partial charge in [0, 0.05) is 26.2 Å². The third-order valence-electron chi connectivity index (χ3n) is 3.75. The number of fused-ring (bicyclic) bond motifs is 1. The maximum Gasteiger partial charge on any atom is 0.449 e. The molecule has 3 rings (SSSR count). The number of hydrogen-bond acceptors (Lipinski definition) is 3. The van der Waals surface area contributed by atoms with Crippen molar-refractivity contribution in [2.45, 2.75) is 31.9 Å². The molecule has 5 nitrogen and oxygen atoms in total. The van der Waals surface area contributed by atoms with Crippen LogP contribution in [-0.4, -0.2) is 46.2 Å². The number of amides is 1. The van der Waals surface area contributed by atoms with Crippen molar-refractivity contribution in [1.82, 2.24) is 19.8 Å². The minimum Gasteiger partial charge on any atom is -0.334 e. The summed E-state index contributed by atoms with van der Waals surface area (Å²) in [5, 5.41) is 2.93. The highest BCUT2D eigenvalue weighted by atomic mass is 19.4. The van der Waals surface area contributed by atoms with Crippen molar-refractivity contribution < 1.29 is 22.4 Å². The van der Waals surface area contributed by atoms with Crippen molar-refractivity contribution in [3.05, 3.63) is 17.2 Å². The van der Waals surface area contributed by atoms with E-state index in [2.05, 4.69) is 10.3 Å². The Morgan fingerprint density at radius 1 is 1.33 bits per heavy atom. The van der Waals surface area contributed by atoms with Crippen LogP contribution in [0.1, 0.15) is 28.4 Å². The molecule has 1 N–H and O–H groups in total. The summed E-state index contributed by atoms with van der Waals surface area (Å²) in [6.45, 7) is 0.768. The zero-order valence-electron chi connectivity index (χ0n) is 11.1. The third kappa shape index (κ3) is 2.50. The molecule has 1 amide bonds. The molecule has 2 aliphatic rings. The molecular formula is C12H14F4N4O. The zero-order chi connectivity index (χ0) is 15.2. The molecule has 1 aromatic rings. The number of carbonyl (C=O) groups excluding carboxylic acids is 1. The van der Waals surface area contributed by atoms with Gasteiger partial charge in [0.15, 0.2) is 5.69 Å². The fourth-order valence-corrected chi connectivity index (χ4v) is 2.74. The second-order valence-electron chi connectivity index (χ2n) is 5.19. The first-order chi connectivity index (χ1) is 9.88. The van der Waals surface area contributed by atoms with Gasteiger partial charge in [-0.3, -0.25) is 4.79 Å². The summed E-state index contributed by atoms with van der Waals surface area (Å²) in [4.78, 5) is 17.0. The van der Waals surface area contributed by atoms with Crippen LogP contribution in [-0.2, 0) is 19.3 Å². The summed E-state index contributed by atoms with van der Waals surface area (Å²) >= 11 is 0. The minimum absolute atomic E-state index is 0.0834. The lowest BCUT2D eigenvalue weighted by molar-refractivity contribution is -0.147. The van der Waals surface area contributed by atoms with Gasteiger partial charge in [0.05, 0.1) is 12.2 Å². The molecule has 116 valence electrons. The Morgan fingerprint density at radius 2 is 2.10 bits per heavy atom. The molecule has 9 heteroatoms. The second kappa shape index (κ2) is 4.97. The van der Waals surface area contributed by atoms with Crippen molar-refractivity contribution in [3.63, 3.8) is 0 Å². The Labute approximate surface area is 117 Å². The first-order valence-corrected chi connectivity index (χ1v) is 6.68. The number of rotatable bonds is 1. The summed E-state index contributed by atoms with van der Waals surface area (Å²) in [6.07, 6.45) is -5.52. The Hall–Kier alpha value is -1.64. The fourth-order valence-electron chi connectivity index (χ4n) is 2.74.